The Kier molecular flexibility index (Phi) is 4.99. The van der Waals surface area contributed by atoms with Gasteiger partial charge in [0.15, 0.2) is 0 Å². The molecule has 2 aliphatic rings. The van der Waals surface area contributed by atoms with Gasteiger partial charge in [0.05, 0.1) is 0 Å². The number of rotatable bonds is 6. The van der Waals surface area contributed by atoms with Gasteiger partial charge in [-0.2, -0.15) is 0 Å². The number of carboxylic acid groups (broad SMARTS) is 1. The Morgan fingerprint density at radius 2 is 2.04 bits per heavy atom. The number of nitrogens with one attached hydrogen (secondary N) is 1. The van der Waals surface area contributed by atoms with Crippen molar-refractivity contribution in [2.75, 3.05) is 0 Å². The lowest BCUT2D eigenvalue weighted by Gasteiger charge is -2.49. The Balaban J connectivity index is 1.76. The summed E-state index contributed by atoms with van der Waals surface area (Å²) in [5, 5.41) is 11.2. The van der Waals surface area contributed by atoms with E-state index in [1.54, 1.807) is 30.3 Å². The number of ether oxygens (including phenoxy) is 1. The fourth-order valence-corrected chi connectivity index (χ4v) is 4.26. The molecule has 2 N–H and O–H groups in total. The second kappa shape index (κ2) is 7.20. The van der Waals surface area contributed by atoms with E-state index >= 15 is 0 Å². The maximum Gasteiger partial charge on any atom is 0.352 e. The normalized spacial score (nSPS) is 25.3. The first-order valence-electron chi connectivity index (χ1n) is 7.82. The van der Waals surface area contributed by atoms with Crippen LogP contribution in [0.1, 0.15) is 18.6 Å². The molecule has 0 spiro atoms. The van der Waals surface area contributed by atoms with Crippen LogP contribution in [0.15, 0.2) is 42.1 Å². The summed E-state index contributed by atoms with van der Waals surface area (Å²) in [7, 11) is 0. The molecule has 2 amide bonds. The van der Waals surface area contributed by atoms with E-state index in [9.17, 15) is 24.3 Å². The molecule has 2 aliphatic heterocycles. The van der Waals surface area contributed by atoms with Gasteiger partial charge >= 0.3 is 5.97 Å². The molecule has 0 aliphatic carbocycles. The smallest absolute Gasteiger partial charge is 0.352 e. The van der Waals surface area contributed by atoms with Gasteiger partial charge in [0.1, 0.15) is 17.1 Å². The van der Waals surface area contributed by atoms with Crippen LogP contribution in [0.4, 0.5) is 0 Å². The van der Waals surface area contributed by atoms with Gasteiger partial charge in [-0.3, -0.25) is 19.3 Å². The Bertz CT molecular complexity index is 781. The highest BCUT2D eigenvalue weighted by molar-refractivity contribution is 8.00. The van der Waals surface area contributed by atoms with Crippen LogP contribution < -0.4 is 5.32 Å². The second-order valence-corrected chi connectivity index (χ2v) is 7.31. The molecule has 26 heavy (non-hydrogen) atoms. The zero-order valence-corrected chi connectivity index (χ0v) is 14.5. The third-order valence-corrected chi connectivity index (χ3v) is 5.43. The molecular weight excluding hydrogens is 360 g/mol. The Hall–Kier alpha value is -2.81. The first kappa shape index (κ1) is 18.0. The van der Waals surface area contributed by atoms with E-state index in [4.69, 9.17) is 4.74 Å². The average molecular weight is 376 g/mol. The predicted octanol–water partition coefficient (Wildman–Crippen LogP) is 0.658. The third kappa shape index (κ3) is 3.17. The zero-order valence-electron chi connectivity index (χ0n) is 13.7. The molecule has 2 heterocycles. The number of carbonyl (C=O) groups is 4. The molecule has 4 atom stereocenters. The Morgan fingerprint density at radius 3 is 2.65 bits per heavy atom. The fraction of sp³-hybridized carbons (Fsp3) is 0.294. The molecule has 2 unspecified atom stereocenters. The van der Waals surface area contributed by atoms with Crippen LogP contribution in [0, 0.1) is 0 Å². The Labute approximate surface area is 153 Å². The SMILES string of the molecule is CC1C=C(C(=O)O)N2C(=O)C(NC(=O)[C@H](OC=O)c3ccccc3)[C@H]2S1. The molecule has 0 saturated carbocycles. The number of nitrogens with zero attached hydrogens (tertiary/aromatic N) is 1. The van der Waals surface area contributed by atoms with Crippen molar-refractivity contribution < 1.29 is 29.0 Å². The van der Waals surface area contributed by atoms with Crippen molar-refractivity contribution in [3.8, 4) is 0 Å². The zero-order chi connectivity index (χ0) is 18.8. The number of amides is 2. The predicted molar refractivity (Wildman–Crippen MR) is 91.7 cm³/mol. The summed E-state index contributed by atoms with van der Waals surface area (Å²) >= 11 is 1.37. The van der Waals surface area contributed by atoms with Crippen molar-refractivity contribution in [3.63, 3.8) is 0 Å². The van der Waals surface area contributed by atoms with Gasteiger partial charge in [-0.1, -0.05) is 30.3 Å². The van der Waals surface area contributed by atoms with Gasteiger partial charge < -0.3 is 15.2 Å². The van der Waals surface area contributed by atoms with E-state index < -0.39 is 35.3 Å². The molecule has 1 aromatic rings. The first-order valence-corrected chi connectivity index (χ1v) is 8.76. The molecule has 8 nitrogen and oxygen atoms in total. The number of carboxylic acids is 1. The van der Waals surface area contributed by atoms with Crippen molar-refractivity contribution >= 4 is 36.0 Å². The van der Waals surface area contributed by atoms with Gasteiger partial charge in [0.2, 0.25) is 6.10 Å². The van der Waals surface area contributed by atoms with Crippen molar-refractivity contribution in [2.24, 2.45) is 0 Å². The minimum Gasteiger partial charge on any atom is -0.477 e. The number of β-lactam (4-membered cyclic amide) rings is 1. The molecule has 0 aromatic heterocycles. The topological polar surface area (TPSA) is 113 Å². The number of aliphatic carboxylic acids is 1. The maximum absolute atomic E-state index is 12.5. The minimum atomic E-state index is -1.19. The summed E-state index contributed by atoms with van der Waals surface area (Å²) in [5.41, 5.74) is 0.386. The lowest BCUT2D eigenvalue weighted by molar-refractivity contribution is -0.153. The summed E-state index contributed by atoms with van der Waals surface area (Å²) in [4.78, 5) is 48.2. The van der Waals surface area contributed by atoms with Gasteiger partial charge in [0.25, 0.3) is 18.3 Å². The number of benzene rings is 1. The van der Waals surface area contributed by atoms with Crippen LogP contribution in [0.25, 0.3) is 0 Å². The van der Waals surface area contributed by atoms with Crippen LogP contribution in [0.2, 0.25) is 0 Å². The highest BCUT2D eigenvalue weighted by Gasteiger charge is 2.54. The van der Waals surface area contributed by atoms with Gasteiger partial charge in [-0.15, -0.1) is 11.8 Å². The van der Waals surface area contributed by atoms with Crippen LogP contribution >= 0.6 is 11.8 Å². The first-order chi connectivity index (χ1) is 12.4. The molecule has 0 bridgehead atoms. The summed E-state index contributed by atoms with van der Waals surface area (Å²) in [6, 6.07) is 7.54. The van der Waals surface area contributed by atoms with E-state index in [0.717, 1.165) is 4.90 Å². The lowest BCUT2D eigenvalue weighted by Crippen LogP contribution is -2.70. The van der Waals surface area contributed by atoms with Crippen molar-refractivity contribution in [3.05, 3.63) is 47.7 Å². The molecule has 9 heteroatoms. The van der Waals surface area contributed by atoms with E-state index in [0.29, 0.717) is 5.56 Å². The number of thioether (sulfide) groups is 1. The molecule has 3 rings (SSSR count). The summed E-state index contributed by atoms with van der Waals surface area (Å²) < 4.78 is 4.88. The van der Waals surface area contributed by atoms with E-state index in [1.807, 2.05) is 6.92 Å². The molecule has 1 saturated heterocycles. The monoisotopic (exact) mass is 376 g/mol. The molecule has 136 valence electrons. The van der Waals surface area contributed by atoms with Crippen LogP contribution in [0.3, 0.4) is 0 Å². The maximum atomic E-state index is 12.5. The minimum absolute atomic E-state index is 0.0829. The summed E-state index contributed by atoms with van der Waals surface area (Å²) in [5.74, 6) is -2.33. The summed E-state index contributed by atoms with van der Waals surface area (Å²) in [6.45, 7) is 1.99. The molecular formula is C17H16N2O6S. The van der Waals surface area contributed by atoms with Crippen LogP contribution in [-0.2, 0) is 23.9 Å². The average Bonchev–Trinajstić information content (AvgIpc) is 2.63. The second-order valence-electron chi connectivity index (χ2n) is 5.81. The van der Waals surface area contributed by atoms with E-state index in [-0.39, 0.29) is 17.4 Å². The standard InChI is InChI=1S/C17H16N2O6S/c1-9-7-11(17(23)24)19-15(22)12(16(19)26-9)18-14(21)13(25-8-20)10-5-3-2-4-6-10/h2-9,12-13,16H,1H3,(H,18,21)(H,23,24)/t9?,12?,13-,16-/m1/s1. The fourth-order valence-electron chi connectivity index (χ4n) is 2.93. The number of hydrogen-bond acceptors (Lipinski definition) is 6. The largest absolute Gasteiger partial charge is 0.477 e. The van der Waals surface area contributed by atoms with Crippen molar-refractivity contribution in [2.45, 2.75) is 29.7 Å². The van der Waals surface area contributed by atoms with Gasteiger partial charge in [0, 0.05) is 10.8 Å². The highest BCUT2D eigenvalue weighted by atomic mass is 32.2. The van der Waals surface area contributed by atoms with E-state index in [1.165, 1.54) is 17.8 Å². The van der Waals surface area contributed by atoms with Crippen LogP contribution in [0.5, 0.6) is 0 Å². The molecule has 1 aromatic carbocycles. The van der Waals surface area contributed by atoms with Crippen molar-refractivity contribution in [1.29, 1.82) is 0 Å². The van der Waals surface area contributed by atoms with Gasteiger partial charge in [-0.05, 0) is 13.0 Å². The number of fused-ring (bicyclic) bond motifs is 1. The Morgan fingerprint density at radius 1 is 1.35 bits per heavy atom. The van der Waals surface area contributed by atoms with Crippen molar-refractivity contribution in [1.82, 2.24) is 10.2 Å². The van der Waals surface area contributed by atoms with Crippen LogP contribution in [-0.4, -0.2) is 50.9 Å². The summed E-state index contributed by atoms with van der Waals surface area (Å²) in [6.07, 6.45) is 0.317. The molecule has 0 radical (unpaired) electrons. The number of hydrogen-bond donors (Lipinski definition) is 2. The van der Waals surface area contributed by atoms with Gasteiger partial charge in [-0.25, -0.2) is 4.79 Å². The number of carbonyl (C=O) groups excluding carboxylic acids is 3. The third-order valence-electron chi connectivity index (χ3n) is 4.10. The quantitative estimate of drug-likeness (QED) is 0.554. The van der Waals surface area contributed by atoms with E-state index in [2.05, 4.69) is 5.32 Å². The lowest BCUT2D eigenvalue weighted by atomic mass is 10.0. The highest BCUT2D eigenvalue weighted by Crippen LogP contribution is 2.40. The molecule has 1 fully saturated rings.